The van der Waals surface area contributed by atoms with Gasteiger partial charge < -0.3 is 5.32 Å². The molecule has 1 fully saturated rings. The van der Waals surface area contributed by atoms with Crippen LogP contribution >= 0.6 is 0 Å². The summed E-state index contributed by atoms with van der Waals surface area (Å²) in [5, 5.41) is 2.98. The van der Waals surface area contributed by atoms with E-state index in [9.17, 15) is 13.2 Å². The quantitative estimate of drug-likeness (QED) is 0.716. The van der Waals surface area contributed by atoms with Gasteiger partial charge in [0, 0.05) is 19.1 Å². The molecule has 0 amide bonds. The van der Waals surface area contributed by atoms with Crippen LogP contribution < -0.4 is 5.32 Å². The molecule has 2 nitrogen and oxygen atoms in total. The molecule has 84 valence electrons. The number of hydrogen-bond acceptors (Lipinski definition) is 2. The molecule has 1 aliphatic rings. The van der Waals surface area contributed by atoms with Crippen molar-refractivity contribution in [3.8, 4) is 0 Å². The summed E-state index contributed by atoms with van der Waals surface area (Å²) >= 11 is 0. The molecule has 1 saturated heterocycles. The Hall–Kier alpha value is -0.290. The molecular weight excluding hydrogens is 193 g/mol. The van der Waals surface area contributed by atoms with Gasteiger partial charge in [-0.05, 0) is 19.4 Å². The minimum absolute atomic E-state index is 0.152. The maximum Gasteiger partial charge on any atom is 0.460 e. The van der Waals surface area contributed by atoms with Crippen LogP contribution in [0.25, 0.3) is 0 Å². The van der Waals surface area contributed by atoms with Gasteiger partial charge >= 0.3 is 6.30 Å². The van der Waals surface area contributed by atoms with Crippen LogP contribution in [0.15, 0.2) is 0 Å². The zero-order chi connectivity index (χ0) is 10.6. The third kappa shape index (κ3) is 3.13. The molecule has 1 N–H and O–H groups in total. The predicted molar refractivity (Wildman–Crippen MR) is 48.9 cm³/mol. The molecule has 0 aromatic rings. The first kappa shape index (κ1) is 11.8. The largest absolute Gasteiger partial charge is 0.460 e. The fourth-order valence-electron chi connectivity index (χ4n) is 1.86. The second kappa shape index (κ2) is 4.98. The molecule has 0 bridgehead atoms. The van der Waals surface area contributed by atoms with E-state index in [-0.39, 0.29) is 12.6 Å². The fourth-order valence-corrected chi connectivity index (χ4v) is 1.86. The molecule has 1 atom stereocenters. The van der Waals surface area contributed by atoms with E-state index in [1.54, 1.807) is 0 Å². The van der Waals surface area contributed by atoms with Crippen molar-refractivity contribution in [2.75, 3.05) is 19.6 Å². The van der Waals surface area contributed by atoms with Gasteiger partial charge in [-0.2, -0.15) is 13.2 Å². The van der Waals surface area contributed by atoms with Crippen LogP contribution in [0.1, 0.15) is 26.2 Å². The van der Waals surface area contributed by atoms with Gasteiger partial charge in [-0.15, -0.1) is 0 Å². The van der Waals surface area contributed by atoms with Crippen LogP contribution in [0.5, 0.6) is 0 Å². The summed E-state index contributed by atoms with van der Waals surface area (Å²) in [6, 6.07) is -0.372. The highest BCUT2D eigenvalue weighted by molar-refractivity contribution is 4.80. The summed E-state index contributed by atoms with van der Waals surface area (Å²) in [4.78, 5) is 0.666. The summed E-state index contributed by atoms with van der Waals surface area (Å²) in [5.41, 5.74) is 0. The maximum absolute atomic E-state index is 12.5. The van der Waals surface area contributed by atoms with E-state index in [1.807, 2.05) is 6.92 Å². The van der Waals surface area contributed by atoms with Gasteiger partial charge in [0.2, 0.25) is 0 Å². The molecule has 5 heteroatoms. The van der Waals surface area contributed by atoms with Gasteiger partial charge in [0.15, 0.2) is 0 Å². The van der Waals surface area contributed by atoms with Crippen molar-refractivity contribution < 1.29 is 13.2 Å². The number of likely N-dealkylation sites (tertiary alicyclic amines) is 1. The second-order valence-corrected chi connectivity index (χ2v) is 3.62. The third-order valence-corrected chi connectivity index (χ3v) is 2.58. The topological polar surface area (TPSA) is 15.3 Å². The van der Waals surface area contributed by atoms with Crippen LogP contribution in [0, 0.1) is 0 Å². The number of alkyl halides is 3. The summed E-state index contributed by atoms with van der Waals surface area (Å²) in [6.45, 7) is 3.22. The zero-order valence-corrected chi connectivity index (χ0v) is 8.40. The van der Waals surface area contributed by atoms with Crippen molar-refractivity contribution >= 4 is 0 Å². The third-order valence-electron chi connectivity index (χ3n) is 2.58. The van der Waals surface area contributed by atoms with Crippen molar-refractivity contribution in [3.63, 3.8) is 0 Å². The molecule has 0 radical (unpaired) electrons. The number of nitrogens with one attached hydrogen (secondary N) is 1. The summed E-state index contributed by atoms with van der Waals surface area (Å²) in [6.07, 6.45) is -1.96. The van der Waals surface area contributed by atoms with Crippen LogP contribution in [0.4, 0.5) is 13.2 Å². The minimum Gasteiger partial charge on any atom is -0.315 e. The van der Waals surface area contributed by atoms with Gasteiger partial charge in [0.05, 0.1) is 0 Å². The molecule has 1 unspecified atom stereocenters. The average molecular weight is 210 g/mol. The van der Waals surface area contributed by atoms with E-state index in [0.29, 0.717) is 24.3 Å². The van der Waals surface area contributed by atoms with Gasteiger partial charge in [-0.1, -0.05) is 13.3 Å². The molecule has 1 heterocycles. The van der Waals surface area contributed by atoms with Crippen LogP contribution in [0.2, 0.25) is 0 Å². The lowest BCUT2D eigenvalue weighted by Crippen LogP contribution is -2.52. The number of hydrogen-bond donors (Lipinski definition) is 1. The summed E-state index contributed by atoms with van der Waals surface area (Å²) in [5.74, 6) is 0. The highest BCUT2D eigenvalue weighted by Gasteiger charge is 2.42. The predicted octanol–water partition coefficient (Wildman–Crippen LogP) is 1.97. The van der Waals surface area contributed by atoms with E-state index in [2.05, 4.69) is 5.32 Å². The number of piperidine rings is 1. The molecular formula is C9H17F3N2. The van der Waals surface area contributed by atoms with Gasteiger partial charge in [0.25, 0.3) is 0 Å². The number of halogens is 3. The highest BCUT2D eigenvalue weighted by Crippen LogP contribution is 2.29. The summed E-state index contributed by atoms with van der Waals surface area (Å²) in [7, 11) is 0. The molecule has 0 aliphatic carbocycles. The highest BCUT2D eigenvalue weighted by atomic mass is 19.4. The molecule has 0 aromatic heterocycles. The molecule has 1 rings (SSSR count). The van der Waals surface area contributed by atoms with E-state index >= 15 is 0 Å². The Morgan fingerprint density at radius 1 is 1.36 bits per heavy atom. The van der Waals surface area contributed by atoms with Crippen molar-refractivity contribution in [2.45, 2.75) is 38.5 Å². The van der Waals surface area contributed by atoms with Gasteiger partial charge in [-0.3, -0.25) is 0 Å². The standard InChI is InChI=1S/C9H17F3N2/c1-2-13-7-8-5-3-4-6-14(8)9(10,11)12/h8,13H,2-7H2,1H3. The first-order valence-corrected chi connectivity index (χ1v) is 5.10. The Bertz CT molecular complexity index is 170. The molecule has 14 heavy (non-hydrogen) atoms. The normalized spacial score (nSPS) is 25.3. The smallest absolute Gasteiger partial charge is 0.315 e. The lowest BCUT2D eigenvalue weighted by Gasteiger charge is -2.36. The van der Waals surface area contributed by atoms with Gasteiger partial charge in [0.1, 0.15) is 0 Å². The van der Waals surface area contributed by atoms with Gasteiger partial charge in [-0.25, -0.2) is 4.90 Å². The van der Waals surface area contributed by atoms with E-state index in [1.165, 1.54) is 0 Å². The lowest BCUT2D eigenvalue weighted by molar-refractivity contribution is -0.263. The Balaban J connectivity index is 2.50. The molecule has 0 spiro atoms. The van der Waals surface area contributed by atoms with Crippen molar-refractivity contribution in [1.29, 1.82) is 0 Å². The first-order valence-electron chi connectivity index (χ1n) is 5.10. The van der Waals surface area contributed by atoms with E-state index < -0.39 is 6.30 Å². The Labute approximate surface area is 82.5 Å². The molecule has 0 saturated carbocycles. The van der Waals surface area contributed by atoms with Crippen molar-refractivity contribution in [2.24, 2.45) is 0 Å². The van der Waals surface area contributed by atoms with Crippen LogP contribution in [-0.4, -0.2) is 36.9 Å². The maximum atomic E-state index is 12.5. The van der Waals surface area contributed by atoms with Crippen molar-refractivity contribution in [3.05, 3.63) is 0 Å². The fraction of sp³-hybridized carbons (Fsp3) is 1.00. The lowest BCUT2D eigenvalue weighted by atomic mass is 10.0. The minimum atomic E-state index is -4.17. The monoisotopic (exact) mass is 210 g/mol. The Morgan fingerprint density at radius 3 is 2.64 bits per heavy atom. The van der Waals surface area contributed by atoms with Crippen LogP contribution in [-0.2, 0) is 0 Å². The number of rotatable bonds is 3. The summed E-state index contributed by atoms with van der Waals surface area (Å²) < 4.78 is 37.6. The van der Waals surface area contributed by atoms with Crippen molar-refractivity contribution in [1.82, 2.24) is 10.2 Å². The number of likely N-dealkylation sites (N-methyl/N-ethyl adjacent to an activating group) is 1. The first-order chi connectivity index (χ1) is 6.55. The van der Waals surface area contributed by atoms with E-state index in [0.717, 1.165) is 13.0 Å². The van der Waals surface area contributed by atoms with E-state index in [4.69, 9.17) is 0 Å². The van der Waals surface area contributed by atoms with Crippen LogP contribution in [0.3, 0.4) is 0 Å². The Morgan fingerprint density at radius 2 is 2.07 bits per heavy atom. The Kier molecular flexibility index (Phi) is 4.19. The average Bonchev–Trinajstić information content (AvgIpc) is 2.14. The molecule has 0 aromatic carbocycles. The second-order valence-electron chi connectivity index (χ2n) is 3.62. The molecule has 1 aliphatic heterocycles. The number of nitrogens with zero attached hydrogens (tertiary/aromatic N) is 1. The zero-order valence-electron chi connectivity index (χ0n) is 8.40. The SMILES string of the molecule is CCNCC1CCCCN1C(F)(F)F.